The molecule has 0 saturated heterocycles. The zero-order valence-electron chi connectivity index (χ0n) is 11.9. The molecule has 2 heteroatoms. The minimum Gasteiger partial charge on any atom is -0.140 e. The maximum atomic E-state index is 4.52. The summed E-state index contributed by atoms with van der Waals surface area (Å²) in [5, 5.41) is 2.66. The molecular formula is C17H21S2. The highest BCUT2D eigenvalue weighted by atomic mass is 32.2. The summed E-state index contributed by atoms with van der Waals surface area (Å²) in [5.74, 6) is 2.16. The molecule has 0 aliphatic rings. The molecule has 0 nitrogen and oxygen atoms in total. The van der Waals surface area contributed by atoms with E-state index in [1.807, 2.05) is 23.5 Å². The van der Waals surface area contributed by atoms with Crippen molar-refractivity contribution >= 4 is 34.3 Å². The second-order valence-corrected chi connectivity index (χ2v) is 8.03. The number of aryl methyl sites for hydroxylation is 1. The number of hydrogen-bond acceptors (Lipinski definition) is 2. The van der Waals surface area contributed by atoms with Gasteiger partial charge in [0, 0.05) is 0 Å². The van der Waals surface area contributed by atoms with Gasteiger partial charge in [-0.1, -0.05) is 55.8 Å². The predicted molar refractivity (Wildman–Crippen MR) is 92.0 cm³/mol. The van der Waals surface area contributed by atoms with Crippen LogP contribution in [0.15, 0.2) is 36.4 Å². The zero-order chi connectivity index (χ0) is 13.9. The second-order valence-electron chi connectivity index (χ2n) is 4.65. The molecule has 0 aliphatic carbocycles. The summed E-state index contributed by atoms with van der Waals surface area (Å²) < 4.78 is -0.100. The fraction of sp³-hybridized carbons (Fsp3) is 0.353. The van der Waals surface area contributed by atoms with Gasteiger partial charge in [-0.2, -0.15) is 0 Å². The Balaban J connectivity index is 2.62. The van der Waals surface area contributed by atoms with E-state index >= 15 is 0 Å². The van der Waals surface area contributed by atoms with Crippen molar-refractivity contribution in [3.8, 4) is 0 Å². The van der Waals surface area contributed by atoms with Gasteiger partial charge in [-0.05, 0) is 41.7 Å². The van der Waals surface area contributed by atoms with Crippen LogP contribution in [-0.4, -0.2) is 11.5 Å². The molecule has 1 radical (unpaired) electrons. The van der Waals surface area contributed by atoms with Crippen molar-refractivity contribution in [1.29, 1.82) is 0 Å². The quantitative estimate of drug-likeness (QED) is 0.653. The summed E-state index contributed by atoms with van der Waals surface area (Å²) in [7, 11) is 0. The molecule has 0 spiro atoms. The van der Waals surface area contributed by atoms with E-state index in [9.17, 15) is 0 Å². The van der Waals surface area contributed by atoms with E-state index in [-0.39, 0.29) is 4.08 Å². The van der Waals surface area contributed by atoms with Crippen LogP contribution in [0.4, 0.5) is 0 Å². The lowest BCUT2D eigenvalue weighted by Crippen LogP contribution is -2.14. The van der Waals surface area contributed by atoms with Crippen molar-refractivity contribution in [1.82, 2.24) is 0 Å². The van der Waals surface area contributed by atoms with Crippen LogP contribution in [0.5, 0.6) is 0 Å². The molecule has 0 amide bonds. The van der Waals surface area contributed by atoms with Crippen LogP contribution in [0.3, 0.4) is 0 Å². The van der Waals surface area contributed by atoms with E-state index in [2.05, 4.69) is 64.1 Å². The second kappa shape index (κ2) is 6.23. The highest BCUT2D eigenvalue weighted by Gasteiger charge is 2.28. The van der Waals surface area contributed by atoms with Gasteiger partial charge < -0.3 is 0 Å². The Morgan fingerprint density at radius 1 is 1.05 bits per heavy atom. The molecule has 2 aromatic rings. The van der Waals surface area contributed by atoms with E-state index < -0.39 is 0 Å². The molecule has 0 saturated carbocycles. The SMILES string of the molecule is [CH2]C(SCC)(SCC)c1cccc2ccc(C)cc12. The molecule has 2 aromatic carbocycles. The number of rotatable bonds is 5. The van der Waals surface area contributed by atoms with Gasteiger partial charge in [0.05, 0.1) is 4.08 Å². The summed E-state index contributed by atoms with van der Waals surface area (Å²) in [6.45, 7) is 11.1. The smallest absolute Gasteiger partial charge is 0.0866 e. The Morgan fingerprint density at radius 3 is 2.37 bits per heavy atom. The molecule has 0 bridgehead atoms. The average molecular weight is 289 g/mol. The Bertz CT molecular complexity index is 554. The lowest BCUT2D eigenvalue weighted by atomic mass is 10.0. The van der Waals surface area contributed by atoms with Crippen LogP contribution in [0.1, 0.15) is 25.0 Å². The van der Waals surface area contributed by atoms with E-state index in [1.54, 1.807) is 0 Å². The van der Waals surface area contributed by atoms with Crippen LogP contribution >= 0.6 is 23.5 Å². The number of fused-ring (bicyclic) bond motifs is 1. The van der Waals surface area contributed by atoms with Crippen LogP contribution in [0.25, 0.3) is 10.8 Å². The molecule has 0 N–H and O–H groups in total. The molecule has 0 fully saturated rings. The van der Waals surface area contributed by atoms with Gasteiger partial charge in [-0.25, -0.2) is 0 Å². The van der Waals surface area contributed by atoms with Gasteiger partial charge >= 0.3 is 0 Å². The van der Waals surface area contributed by atoms with Gasteiger partial charge in [-0.15, -0.1) is 23.5 Å². The Kier molecular flexibility index (Phi) is 4.86. The molecule has 0 heterocycles. The minimum absolute atomic E-state index is 0.100. The Morgan fingerprint density at radius 2 is 1.74 bits per heavy atom. The molecule has 0 aliphatic heterocycles. The van der Waals surface area contributed by atoms with Gasteiger partial charge in [0.15, 0.2) is 0 Å². The van der Waals surface area contributed by atoms with Crippen molar-refractivity contribution in [2.75, 3.05) is 11.5 Å². The molecule has 0 atom stereocenters. The third kappa shape index (κ3) is 3.11. The van der Waals surface area contributed by atoms with Gasteiger partial charge in [0.25, 0.3) is 0 Å². The molecule has 0 unspecified atom stereocenters. The predicted octanol–water partition coefficient (Wildman–Crippen LogP) is 5.64. The summed E-state index contributed by atoms with van der Waals surface area (Å²) >= 11 is 3.86. The maximum absolute atomic E-state index is 4.52. The Hall–Kier alpha value is -0.600. The highest BCUT2D eigenvalue weighted by molar-refractivity contribution is 8.17. The van der Waals surface area contributed by atoms with E-state index in [1.165, 1.54) is 21.9 Å². The molecule has 19 heavy (non-hydrogen) atoms. The maximum Gasteiger partial charge on any atom is 0.0866 e. The van der Waals surface area contributed by atoms with Crippen molar-refractivity contribution in [3.63, 3.8) is 0 Å². The number of hydrogen-bond donors (Lipinski definition) is 0. The first kappa shape index (κ1) is 14.8. The van der Waals surface area contributed by atoms with E-state index in [0.717, 1.165) is 11.5 Å². The molecule has 2 rings (SSSR count). The van der Waals surface area contributed by atoms with Crippen LogP contribution in [0.2, 0.25) is 0 Å². The standard InChI is InChI=1S/C17H21S2/c1-5-18-17(4,19-6-2)16-9-7-8-14-11-10-13(3)12-15(14)16/h7-12H,4-6H2,1-3H3. The largest absolute Gasteiger partial charge is 0.140 e. The summed E-state index contributed by atoms with van der Waals surface area (Å²) in [5.41, 5.74) is 2.66. The normalized spacial score (nSPS) is 12.0. The summed E-state index contributed by atoms with van der Waals surface area (Å²) in [6.07, 6.45) is 0. The molecule has 0 aromatic heterocycles. The molecular weight excluding hydrogens is 268 g/mol. The lowest BCUT2D eigenvalue weighted by molar-refractivity contribution is 1.14. The first-order valence-corrected chi connectivity index (χ1v) is 8.71. The monoisotopic (exact) mass is 289 g/mol. The van der Waals surface area contributed by atoms with E-state index in [4.69, 9.17) is 0 Å². The van der Waals surface area contributed by atoms with Gasteiger partial charge in [-0.3, -0.25) is 0 Å². The highest BCUT2D eigenvalue weighted by Crippen LogP contribution is 2.47. The van der Waals surface area contributed by atoms with E-state index in [0.29, 0.717) is 0 Å². The van der Waals surface area contributed by atoms with Crippen molar-refractivity contribution in [3.05, 3.63) is 54.4 Å². The van der Waals surface area contributed by atoms with Crippen molar-refractivity contribution in [2.24, 2.45) is 0 Å². The van der Waals surface area contributed by atoms with Crippen LogP contribution < -0.4 is 0 Å². The fourth-order valence-electron chi connectivity index (χ4n) is 2.38. The van der Waals surface area contributed by atoms with Gasteiger partial charge in [0.2, 0.25) is 0 Å². The van der Waals surface area contributed by atoms with Crippen molar-refractivity contribution in [2.45, 2.75) is 24.9 Å². The van der Waals surface area contributed by atoms with Crippen molar-refractivity contribution < 1.29 is 0 Å². The topological polar surface area (TPSA) is 0 Å². The average Bonchev–Trinajstić information content (AvgIpc) is 2.38. The first-order chi connectivity index (χ1) is 9.10. The first-order valence-electron chi connectivity index (χ1n) is 6.74. The van der Waals surface area contributed by atoms with Crippen LogP contribution in [0, 0.1) is 13.8 Å². The number of benzene rings is 2. The molecule has 101 valence electrons. The minimum atomic E-state index is -0.100. The summed E-state index contributed by atoms with van der Waals surface area (Å²) in [4.78, 5) is 0. The Labute approximate surface area is 125 Å². The third-order valence-electron chi connectivity index (χ3n) is 3.20. The zero-order valence-corrected chi connectivity index (χ0v) is 13.5. The van der Waals surface area contributed by atoms with Gasteiger partial charge in [0.1, 0.15) is 0 Å². The third-order valence-corrected chi connectivity index (χ3v) is 5.86. The lowest BCUT2D eigenvalue weighted by Gasteiger charge is -2.29. The van der Waals surface area contributed by atoms with Crippen LogP contribution in [-0.2, 0) is 4.08 Å². The summed E-state index contributed by atoms with van der Waals surface area (Å²) in [6, 6.07) is 13.3. The fourth-order valence-corrected chi connectivity index (χ4v) is 5.02. The number of thioether (sulfide) groups is 2.